The number of hydrogen-bond donors (Lipinski definition) is 2. The molecule has 1 aromatic heterocycles. The first kappa shape index (κ1) is 26.5. The van der Waals surface area contributed by atoms with E-state index in [2.05, 4.69) is 0 Å². The summed E-state index contributed by atoms with van der Waals surface area (Å²) < 4.78 is 13.2. The molecule has 0 saturated heterocycles. The van der Waals surface area contributed by atoms with Gasteiger partial charge in [-0.25, -0.2) is 0 Å². The van der Waals surface area contributed by atoms with Crippen LogP contribution in [0, 0.1) is 6.92 Å². The molecule has 1 heterocycles. The van der Waals surface area contributed by atoms with Crippen molar-refractivity contribution in [2.75, 3.05) is 13.2 Å². The summed E-state index contributed by atoms with van der Waals surface area (Å²) in [6.45, 7) is 3.07. The van der Waals surface area contributed by atoms with Crippen LogP contribution in [0.5, 0.6) is 11.5 Å². The number of hydrogen-bond acceptors (Lipinski definition) is 4. The van der Waals surface area contributed by atoms with Crippen molar-refractivity contribution in [3.8, 4) is 11.5 Å². The van der Waals surface area contributed by atoms with Gasteiger partial charge in [0.25, 0.3) is 0 Å². The molecule has 0 unspecified atom stereocenters. The van der Waals surface area contributed by atoms with Crippen LogP contribution in [-0.4, -0.2) is 39.9 Å². The smallest absolute Gasteiger partial charge is 0.323 e. The van der Waals surface area contributed by atoms with E-state index in [-0.39, 0.29) is 13.0 Å². The molecule has 0 aliphatic heterocycles. The van der Waals surface area contributed by atoms with Crippen LogP contribution in [-0.2, 0) is 22.6 Å². The standard InChI is InChI=1S/C31H31NO6/c1-22-6-4-8-27(18-22)38-17-3-2-16-37-26-14-11-23(12-15-26)10-13-24-7-5-9-28-31(24)25(19-29(33)34)20-32(28)21-30(35)36/h4-15,18,20H,2-3,16-17,19,21H2,1H3,(H,33,34)(H,35,36). The molecule has 0 aliphatic rings. The zero-order valence-corrected chi connectivity index (χ0v) is 21.3. The lowest BCUT2D eigenvalue weighted by atomic mass is 10.0. The summed E-state index contributed by atoms with van der Waals surface area (Å²) in [7, 11) is 0. The molecule has 196 valence electrons. The Balaban J connectivity index is 1.34. The van der Waals surface area contributed by atoms with Gasteiger partial charge in [-0.15, -0.1) is 0 Å². The summed E-state index contributed by atoms with van der Waals surface area (Å²) in [5.74, 6) is -0.268. The molecule has 0 bridgehead atoms. The molecule has 4 rings (SSSR count). The van der Waals surface area contributed by atoms with E-state index < -0.39 is 11.9 Å². The summed E-state index contributed by atoms with van der Waals surface area (Å²) in [6, 6.07) is 21.3. The average Bonchev–Trinajstić information content (AvgIpc) is 3.22. The van der Waals surface area contributed by atoms with Crippen molar-refractivity contribution in [3.63, 3.8) is 0 Å². The molecule has 7 heteroatoms. The van der Waals surface area contributed by atoms with Crippen LogP contribution >= 0.6 is 0 Å². The monoisotopic (exact) mass is 513 g/mol. The fraction of sp³-hybridized carbons (Fsp3) is 0.226. The third-order valence-corrected chi connectivity index (χ3v) is 6.07. The Morgan fingerprint density at radius 1 is 0.842 bits per heavy atom. The van der Waals surface area contributed by atoms with Gasteiger partial charge in [0.1, 0.15) is 18.0 Å². The Hall–Kier alpha value is -4.52. The molecule has 38 heavy (non-hydrogen) atoms. The largest absolute Gasteiger partial charge is 0.494 e. The number of carboxylic acid groups (broad SMARTS) is 2. The van der Waals surface area contributed by atoms with Gasteiger partial charge in [-0.2, -0.15) is 0 Å². The molecule has 0 saturated carbocycles. The lowest BCUT2D eigenvalue weighted by Crippen LogP contribution is -2.07. The van der Waals surface area contributed by atoms with Crippen molar-refractivity contribution in [1.29, 1.82) is 0 Å². The summed E-state index contributed by atoms with van der Waals surface area (Å²) in [6.07, 6.45) is 7.09. The number of unbranched alkanes of at least 4 members (excludes halogenated alkanes) is 1. The number of benzene rings is 3. The van der Waals surface area contributed by atoms with E-state index >= 15 is 0 Å². The molecule has 3 aromatic carbocycles. The first-order valence-electron chi connectivity index (χ1n) is 12.5. The van der Waals surface area contributed by atoms with Crippen LogP contribution < -0.4 is 9.47 Å². The van der Waals surface area contributed by atoms with Gasteiger partial charge < -0.3 is 24.3 Å². The molecule has 4 aromatic rings. The number of aryl methyl sites for hydroxylation is 1. The highest BCUT2D eigenvalue weighted by Crippen LogP contribution is 2.28. The van der Waals surface area contributed by atoms with E-state index in [0.717, 1.165) is 40.9 Å². The van der Waals surface area contributed by atoms with Crippen LogP contribution in [0.3, 0.4) is 0 Å². The number of fused-ring (bicyclic) bond motifs is 1. The number of nitrogens with zero attached hydrogens (tertiary/aromatic N) is 1. The fourth-order valence-electron chi connectivity index (χ4n) is 4.33. The minimum Gasteiger partial charge on any atom is -0.494 e. The second kappa shape index (κ2) is 12.6. The third-order valence-electron chi connectivity index (χ3n) is 6.07. The normalized spacial score (nSPS) is 11.2. The van der Waals surface area contributed by atoms with Crippen molar-refractivity contribution in [2.24, 2.45) is 0 Å². The lowest BCUT2D eigenvalue weighted by Gasteiger charge is -2.08. The van der Waals surface area contributed by atoms with Crippen molar-refractivity contribution in [1.82, 2.24) is 4.57 Å². The summed E-state index contributed by atoms with van der Waals surface area (Å²) in [5, 5.41) is 19.3. The van der Waals surface area contributed by atoms with Gasteiger partial charge >= 0.3 is 11.9 Å². The minimum absolute atomic E-state index is 0.182. The van der Waals surface area contributed by atoms with Crippen LogP contribution in [0.15, 0.2) is 72.9 Å². The molecule has 0 spiro atoms. The Morgan fingerprint density at radius 3 is 2.24 bits per heavy atom. The van der Waals surface area contributed by atoms with Gasteiger partial charge in [-0.1, -0.05) is 48.6 Å². The maximum Gasteiger partial charge on any atom is 0.323 e. The van der Waals surface area contributed by atoms with Gasteiger partial charge in [0.05, 0.1) is 19.6 Å². The number of ether oxygens (including phenoxy) is 2. The highest BCUT2D eigenvalue weighted by molar-refractivity contribution is 5.96. The Morgan fingerprint density at radius 2 is 1.55 bits per heavy atom. The van der Waals surface area contributed by atoms with E-state index in [9.17, 15) is 19.8 Å². The number of carboxylic acids is 2. The molecule has 0 atom stereocenters. The molecular formula is C31H31NO6. The van der Waals surface area contributed by atoms with Crippen LogP contribution in [0.4, 0.5) is 0 Å². The minimum atomic E-state index is -0.984. The third kappa shape index (κ3) is 7.26. The van der Waals surface area contributed by atoms with Crippen LogP contribution in [0.2, 0.25) is 0 Å². The van der Waals surface area contributed by atoms with Gasteiger partial charge in [0, 0.05) is 17.1 Å². The van der Waals surface area contributed by atoms with Gasteiger partial charge in [-0.05, 0) is 72.4 Å². The van der Waals surface area contributed by atoms with Gasteiger partial charge in [0.15, 0.2) is 0 Å². The highest BCUT2D eigenvalue weighted by Gasteiger charge is 2.15. The van der Waals surface area contributed by atoms with Crippen molar-refractivity contribution >= 4 is 35.0 Å². The zero-order chi connectivity index (χ0) is 26.9. The van der Waals surface area contributed by atoms with Crippen molar-refractivity contribution in [3.05, 3.63) is 95.2 Å². The SMILES string of the molecule is Cc1cccc(OCCCCOc2ccc(C=Cc3cccc4c3c(CC(=O)O)cn4CC(=O)O)cc2)c1. The van der Waals surface area contributed by atoms with E-state index in [1.807, 2.05) is 85.8 Å². The molecule has 2 N–H and O–H groups in total. The molecule has 0 amide bonds. The molecule has 0 radical (unpaired) electrons. The number of rotatable bonds is 13. The highest BCUT2D eigenvalue weighted by atomic mass is 16.5. The number of carbonyl (C=O) groups is 2. The fourth-order valence-corrected chi connectivity index (χ4v) is 4.33. The average molecular weight is 514 g/mol. The molecular weight excluding hydrogens is 482 g/mol. The second-order valence-corrected chi connectivity index (χ2v) is 9.11. The maximum absolute atomic E-state index is 11.4. The number of aromatic nitrogens is 1. The van der Waals surface area contributed by atoms with E-state index in [1.54, 1.807) is 10.8 Å². The predicted molar refractivity (Wildman–Crippen MR) is 148 cm³/mol. The Labute approximate surface area is 221 Å². The maximum atomic E-state index is 11.4. The Bertz CT molecular complexity index is 1430. The quantitative estimate of drug-likeness (QED) is 0.166. The lowest BCUT2D eigenvalue weighted by molar-refractivity contribution is -0.138. The predicted octanol–water partition coefficient (Wildman–Crippen LogP) is 6.07. The van der Waals surface area contributed by atoms with E-state index in [0.29, 0.717) is 24.3 Å². The molecule has 7 nitrogen and oxygen atoms in total. The first-order valence-corrected chi connectivity index (χ1v) is 12.5. The Kier molecular flexibility index (Phi) is 8.82. The molecule has 0 aliphatic carbocycles. The van der Waals surface area contributed by atoms with Crippen molar-refractivity contribution < 1.29 is 29.3 Å². The summed E-state index contributed by atoms with van der Waals surface area (Å²) >= 11 is 0. The van der Waals surface area contributed by atoms with E-state index in [1.165, 1.54) is 5.56 Å². The van der Waals surface area contributed by atoms with Gasteiger partial charge in [0.2, 0.25) is 0 Å². The van der Waals surface area contributed by atoms with Gasteiger partial charge in [-0.3, -0.25) is 9.59 Å². The summed E-state index contributed by atoms with van der Waals surface area (Å²) in [4.78, 5) is 22.7. The zero-order valence-electron chi connectivity index (χ0n) is 21.3. The second-order valence-electron chi connectivity index (χ2n) is 9.11. The van der Waals surface area contributed by atoms with Crippen LogP contribution in [0.1, 0.15) is 35.1 Å². The summed E-state index contributed by atoms with van der Waals surface area (Å²) in [5.41, 5.74) is 4.25. The van der Waals surface area contributed by atoms with Crippen molar-refractivity contribution in [2.45, 2.75) is 32.7 Å². The number of aliphatic carboxylic acids is 2. The first-order chi connectivity index (χ1) is 18.4. The topological polar surface area (TPSA) is 98.0 Å². The van der Waals surface area contributed by atoms with Crippen LogP contribution in [0.25, 0.3) is 23.1 Å². The molecule has 0 fully saturated rings. The van der Waals surface area contributed by atoms with E-state index in [4.69, 9.17) is 9.47 Å².